The number of rotatable bonds is 8. The first-order valence-electron chi connectivity index (χ1n) is 10.6. The van der Waals surface area contributed by atoms with E-state index >= 15 is 0 Å². The number of halogens is 3. The van der Waals surface area contributed by atoms with E-state index in [1.807, 2.05) is 0 Å². The Labute approximate surface area is 186 Å². The summed E-state index contributed by atoms with van der Waals surface area (Å²) in [4.78, 5) is 15.0. The van der Waals surface area contributed by atoms with Gasteiger partial charge in [0.1, 0.15) is 0 Å². The van der Waals surface area contributed by atoms with Crippen LogP contribution in [0.5, 0.6) is 0 Å². The molecule has 5 nitrogen and oxygen atoms in total. The van der Waals surface area contributed by atoms with E-state index in [1.54, 1.807) is 37.8 Å². The Morgan fingerprint density at radius 1 is 1.03 bits per heavy atom. The van der Waals surface area contributed by atoms with Gasteiger partial charge in [-0.15, -0.1) is 0 Å². The van der Waals surface area contributed by atoms with E-state index in [1.165, 1.54) is 22.5 Å². The molecule has 1 saturated carbocycles. The number of hydrogen-bond donors (Lipinski definition) is 0. The number of aryl methyl sites for hydroxylation is 1. The number of sulfonamides is 1. The normalized spacial score (nSPS) is 14.6. The summed E-state index contributed by atoms with van der Waals surface area (Å²) in [5.41, 5.74) is 0.644. The SMILES string of the molecule is CCN(CC)S(=O)(=O)c1cc(C(=O)N(Cc2ccc(C(F)(F)F)cc2)C2CC2)ccc1C. The predicted molar refractivity (Wildman–Crippen MR) is 116 cm³/mol. The quantitative estimate of drug-likeness (QED) is 0.557. The average Bonchev–Trinajstić information content (AvgIpc) is 3.57. The smallest absolute Gasteiger partial charge is 0.331 e. The van der Waals surface area contributed by atoms with Crippen LogP contribution in [0.2, 0.25) is 0 Å². The number of carbonyl (C=O) groups is 1. The summed E-state index contributed by atoms with van der Waals surface area (Å²) in [6, 6.07) is 9.38. The molecular formula is C23H27F3N2O3S. The maximum Gasteiger partial charge on any atom is 0.416 e. The summed E-state index contributed by atoms with van der Waals surface area (Å²) in [5.74, 6) is -0.330. The molecule has 0 aliphatic heterocycles. The van der Waals surface area contributed by atoms with E-state index < -0.39 is 21.8 Å². The van der Waals surface area contributed by atoms with E-state index in [9.17, 15) is 26.4 Å². The highest BCUT2D eigenvalue weighted by atomic mass is 32.2. The van der Waals surface area contributed by atoms with Crippen LogP contribution < -0.4 is 0 Å². The molecule has 0 saturated heterocycles. The molecule has 0 heterocycles. The standard InChI is InChI=1S/C23H27F3N2O3S/c1-4-27(5-2)32(30,31)21-14-18(9-6-16(21)3)22(29)28(20-12-13-20)15-17-7-10-19(11-8-17)23(24,25)26/h6-11,14,20H,4-5,12-13,15H2,1-3H3. The van der Waals surface area contributed by atoms with E-state index in [0.717, 1.165) is 25.0 Å². The highest BCUT2D eigenvalue weighted by molar-refractivity contribution is 7.89. The fraction of sp³-hybridized carbons (Fsp3) is 0.435. The van der Waals surface area contributed by atoms with Crippen LogP contribution in [0.3, 0.4) is 0 Å². The molecule has 3 rings (SSSR count). The lowest BCUT2D eigenvalue weighted by atomic mass is 10.1. The van der Waals surface area contributed by atoms with Crippen molar-refractivity contribution in [2.75, 3.05) is 13.1 Å². The average molecular weight is 469 g/mol. The van der Waals surface area contributed by atoms with Gasteiger partial charge in [-0.05, 0) is 55.2 Å². The first-order valence-corrected chi connectivity index (χ1v) is 12.0. The molecule has 0 radical (unpaired) electrons. The maximum atomic E-state index is 13.3. The van der Waals surface area contributed by atoms with E-state index in [-0.39, 0.29) is 29.0 Å². The molecule has 9 heteroatoms. The lowest BCUT2D eigenvalue weighted by Gasteiger charge is -2.24. The minimum absolute atomic E-state index is 0.00562. The summed E-state index contributed by atoms with van der Waals surface area (Å²) in [7, 11) is -3.74. The molecule has 1 amide bonds. The van der Waals surface area contributed by atoms with Gasteiger partial charge < -0.3 is 4.90 Å². The summed E-state index contributed by atoms with van der Waals surface area (Å²) in [6.07, 6.45) is -2.80. The number of benzene rings is 2. The van der Waals surface area contributed by atoms with Crippen molar-refractivity contribution in [2.24, 2.45) is 0 Å². The molecule has 0 unspecified atom stereocenters. The van der Waals surface area contributed by atoms with Gasteiger partial charge in [0.15, 0.2) is 0 Å². The summed E-state index contributed by atoms with van der Waals surface area (Å²) >= 11 is 0. The van der Waals surface area contributed by atoms with Crippen LogP contribution in [0.15, 0.2) is 47.4 Å². The molecule has 174 valence electrons. The molecule has 0 N–H and O–H groups in total. The first kappa shape index (κ1) is 24.3. The second kappa shape index (κ2) is 9.23. The second-order valence-electron chi connectivity index (χ2n) is 7.93. The number of nitrogens with zero attached hydrogens (tertiary/aromatic N) is 2. The van der Waals surface area contributed by atoms with Crippen molar-refractivity contribution in [3.63, 3.8) is 0 Å². The van der Waals surface area contributed by atoms with Crippen LogP contribution in [-0.4, -0.2) is 42.7 Å². The van der Waals surface area contributed by atoms with Crippen LogP contribution in [0, 0.1) is 6.92 Å². The Morgan fingerprint density at radius 3 is 2.12 bits per heavy atom. The van der Waals surface area contributed by atoms with Gasteiger partial charge in [0, 0.05) is 31.2 Å². The molecule has 1 fully saturated rings. The Kier molecular flexibility index (Phi) is 7.00. The zero-order chi connectivity index (χ0) is 23.7. The van der Waals surface area contributed by atoms with Gasteiger partial charge in [0.25, 0.3) is 5.91 Å². The van der Waals surface area contributed by atoms with Gasteiger partial charge in [0.05, 0.1) is 10.5 Å². The number of amides is 1. The first-order chi connectivity index (χ1) is 15.0. The molecule has 2 aromatic rings. The maximum absolute atomic E-state index is 13.3. The molecule has 1 aliphatic carbocycles. The summed E-state index contributed by atoms with van der Waals surface area (Å²) < 4.78 is 65.9. The Balaban J connectivity index is 1.89. The fourth-order valence-corrected chi connectivity index (χ4v) is 5.34. The highest BCUT2D eigenvalue weighted by Gasteiger charge is 2.35. The molecule has 0 spiro atoms. The van der Waals surface area contributed by atoms with Gasteiger partial charge in [0.2, 0.25) is 10.0 Å². The lowest BCUT2D eigenvalue weighted by molar-refractivity contribution is -0.137. The van der Waals surface area contributed by atoms with Gasteiger partial charge in [-0.2, -0.15) is 17.5 Å². The molecule has 0 aromatic heterocycles. The summed E-state index contributed by atoms with van der Waals surface area (Å²) in [6.45, 7) is 5.99. The second-order valence-corrected chi connectivity index (χ2v) is 9.83. The topological polar surface area (TPSA) is 57.7 Å². The molecule has 1 aliphatic rings. The zero-order valence-corrected chi connectivity index (χ0v) is 19.1. The minimum atomic E-state index is -4.42. The van der Waals surface area contributed by atoms with Gasteiger partial charge in [-0.25, -0.2) is 8.42 Å². The third-order valence-corrected chi connectivity index (χ3v) is 7.83. The van der Waals surface area contributed by atoms with Crippen LogP contribution in [0.25, 0.3) is 0 Å². The third kappa shape index (κ3) is 5.15. The van der Waals surface area contributed by atoms with Crippen molar-refractivity contribution >= 4 is 15.9 Å². The molecular weight excluding hydrogens is 441 g/mol. The van der Waals surface area contributed by atoms with Crippen LogP contribution in [0.1, 0.15) is 53.7 Å². The Hall–Kier alpha value is -2.39. The van der Waals surface area contributed by atoms with Gasteiger partial charge >= 0.3 is 6.18 Å². The van der Waals surface area contributed by atoms with Gasteiger partial charge in [-0.1, -0.05) is 32.0 Å². The van der Waals surface area contributed by atoms with Gasteiger partial charge in [-0.3, -0.25) is 4.79 Å². The molecule has 0 bridgehead atoms. The Bertz CT molecular complexity index is 1070. The molecule has 32 heavy (non-hydrogen) atoms. The molecule has 2 aromatic carbocycles. The van der Waals surface area contributed by atoms with Crippen molar-refractivity contribution in [3.05, 3.63) is 64.7 Å². The van der Waals surface area contributed by atoms with E-state index in [0.29, 0.717) is 24.2 Å². The molecule has 0 atom stereocenters. The van der Waals surface area contributed by atoms with Crippen LogP contribution in [0.4, 0.5) is 13.2 Å². The number of carbonyl (C=O) groups excluding carboxylic acids is 1. The summed E-state index contributed by atoms with van der Waals surface area (Å²) in [5, 5.41) is 0. The monoisotopic (exact) mass is 468 g/mol. The number of alkyl halides is 3. The highest BCUT2D eigenvalue weighted by Crippen LogP contribution is 2.32. The Morgan fingerprint density at radius 2 is 1.62 bits per heavy atom. The third-order valence-electron chi connectivity index (χ3n) is 5.64. The zero-order valence-electron chi connectivity index (χ0n) is 18.3. The van der Waals surface area contributed by atoms with Crippen molar-refractivity contribution in [2.45, 2.75) is 57.3 Å². The fourth-order valence-electron chi connectivity index (χ4n) is 3.63. The number of hydrogen-bond acceptors (Lipinski definition) is 3. The van der Waals surface area contributed by atoms with Crippen LogP contribution >= 0.6 is 0 Å². The predicted octanol–water partition coefficient (Wildman–Crippen LogP) is 4.85. The largest absolute Gasteiger partial charge is 0.416 e. The van der Waals surface area contributed by atoms with Crippen molar-refractivity contribution in [1.82, 2.24) is 9.21 Å². The van der Waals surface area contributed by atoms with Crippen molar-refractivity contribution in [3.8, 4) is 0 Å². The van der Waals surface area contributed by atoms with E-state index in [4.69, 9.17) is 0 Å². The van der Waals surface area contributed by atoms with E-state index in [2.05, 4.69) is 0 Å². The van der Waals surface area contributed by atoms with Crippen molar-refractivity contribution < 1.29 is 26.4 Å². The van der Waals surface area contributed by atoms with Crippen molar-refractivity contribution in [1.29, 1.82) is 0 Å². The van der Waals surface area contributed by atoms with Crippen LogP contribution in [-0.2, 0) is 22.7 Å². The minimum Gasteiger partial charge on any atom is -0.331 e. The lowest BCUT2D eigenvalue weighted by Crippen LogP contribution is -2.34.